The molecule has 4 rings (SSSR count). The van der Waals surface area contributed by atoms with Crippen LogP contribution in [0.1, 0.15) is 41.6 Å². The molecule has 2 aromatic heterocycles. The van der Waals surface area contributed by atoms with Crippen molar-refractivity contribution in [3.8, 4) is 17.2 Å². The molecular formula is C23H28N4O4S. The number of anilines is 1. The SMILES string of the molecule is COc1cc(CC(=O)c2csc3cnc(N[C@@H]4CCCC[C@@H]4N)nc23)cc(OC)c1OC. The molecule has 0 saturated heterocycles. The largest absolute Gasteiger partial charge is 0.493 e. The highest BCUT2D eigenvalue weighted by Gasteiger charge is 2.23. The summed E-state index contributed by atoms with van der Waals surface area (Å²) >= 11 is 1.46. The van der Waals surface area contributed by atoms with Crippen LogP contribution in [0.4, 0.5) is 5.95 Å². The lowest BCUT2D eigenvalue weighted by Crippen LogP contribution is -2.42. The van der Waals surface area contributed by atoms with E-state index in [1.54, 1.807) is 39.7 Å². The number of carbonyl (C=O) groups is 1. The van der Waals surface area contributed by atoms with Gasteiger partial charge in [-0.3, -0.25) is 4.79 Å². The number of aromatic nitrogens is 2. The number of nitrogens with two attached hydrogens (primary N) is 1. The maximum absolute atomic E-state index is 13.2. The molecule has 8 nitrogen and oxygen atoms in total. The fourth-order valence-corrected chi connectivity index (χ4v) is 4.99. The molecule has 1 fully saturated rings. The number of ketones is 1. The Bertz CT molecular complexity index is 1090. The van der Waals surface area contributed by atoms with Crippen molar-refractivity contribution in [2.75, 3.05) is 26.6 Å². The van der Waals surface area contributed by atoms with Crippen LogP contribution >= 0.6 is 11.3 Å². The van der Waals surface area contributed by atoms with Crippen LogP contribution in [0.15, 0.2) is 23.7 Å². The van der Waals surface area contributed by atoms with Gasteiger partial charge in [-0.2, -0.15) is 0 Å². The molecule has 1 aliphatic rings. The average molecular weight is 457 g/mol. The second kappa shape index (κ2) is 9.70. The van der Waals surface area contributed by atoms with Gasteiger partial charge in [0.25, 0.3) is 0 Å². The van der Waals surface area contributed by atoms with Gasteiger partial charge >= 0.3 is 0 Å². The van der Waals surface area contributed by atoms with E-state index in [-0.39, 0.29) is 24.3 Å². The molecule has 3 aromatic rings. The van der Waals surface area contributed by atoms with Crippen molar-refractivity contribution in [3.05, 3.63) is 34.8 Å². The van der Waals surface area contributed by atoms with Gasteiger partial charge in [0.05, 0.1) is 43.3 Å². The van der Waals surface area contributed by atoms with Crippen LogP contribution in [0.5, 0.6) is 17.2 Å². The van der Waals surface area contributed by atoms with E-state index < -0.39 is 0 Å². The average Bonchev–Trinajstić information content (AvgIpc) is 3.23. The van der Waals surface area contributed by atoms with Crippen molar-refractivity contribution in [2.24, 2.45) is 5.73 Å². The number of rotatable bonds is 8. The van der Waals surface area contributed by atoms with E-state index in [0.717, 1.165) is 35.9 Å². The molecule has 0 radical (unpaired) electrons. The zero-order chi connectivity index (χ0) is 22.7. The van der Waals surface area contributed by atoms with E-state index in [2.05, 4.69) is 15.3 Å². The lowest BCUT2D eigenvalue weighted by molar-refractivity contribution is 0.0994. The van der Waals surface area contributed by atoms with E-state index in [1.165, 1.54) is 11.3 Å². The molecule has 32 heavy (non-hydrogen) atoms. The smallest absolute Gasteiger partial charge is 0.223 e. The van der Waals surface area contributed by atoms with Crippen LogP contribution in [0.3, 0.4) is 0 Å². The maximum Gasteiger partial charge on any atom is 0.223 e. The highest BCUT2D eigenvalue weighted by atomic mass is 32.1. The van der Waals surface area contributed by atoms with Gasteiger partial charge in [0.15, 0.2) is 17.3 Å². The van der Waals surface area contributed by atoms with Gasteiger partial charge in [-0.15, -0.1) is 11.3 Å². The topological polar surface area (TPSA) is 109 Å². The summed E-state index contributed by atoms with van der Waals surface area (Å²) in [6.45, 7) is 0. The summed E-state index contributed by atoms with van der Waals surface area (Å²) in [5.41, 5.74) is 8.26. The maximum atomic E-state index is 13.2. The number of hydrogen-bond donors (Lipinski definition) is 2. The lowest BCUT2D eigenvalue weighted by Gasteiger charge is -2.29. The second-order valence-electron chi connectivity index (χ2n) is 7.89. The van der Waals surface area contributed by atoms with Gasteiger partial charge in [-0.25, -0.2) is 9.97 Å². The Kier molecular flexibility index (Phi) is 6.76. The number of fused-ring (bicyclic) bond motifs is 1. The lowest BCUT2D eigenvalue weighted by atomic mass is 9.91. The Morgan fingerprint density at radius 1 is 1.16 bits per heavy atom. The van der Waals surface area contributed by atoms with Crippen molar-refractivity contribution in [1.29, 1.82) is 0 Å². The third kappa shape index (κ3) is 4.49. The summed E-state index contributed by atoms with van der Waals surface area (Å²) in [5, 5.41) is 5.21. The summed E-state index contributed by atoms with van der Waals surface area (Å²) in [6, 6.07) is 3.82. The molecular weight excluding hydrogens is 428 g/mol. The first-order valence-electron chi connectivity index (χ1n) is 10.6. The van der Waals surface area contributed by atoms with Crippen molar-refractivity contribution >= 4 is 33.3 Å². The quantitative estimate of drug-likeness (QED) is 0.493. The molecule has 2 atom stereocenters. The monoisotopic (exact) mass is 456 g/mol. The van der Waals surface area contributed by atoms with Crippen molar-refractivity contribution in [2.45, 2.75) is 44.2 Å². The normalized spacial score (nSPS) is 18.4. The zero-order valence-electron chi connectivity index (χ0n) is 18.5. The fraction of sp³-hybridized carbons (Fsp3) is 0.435. The van der Waals surface area contributed by atoms with E-state index in [4.69, 9.17) is 19.9 Å². The standard InChI is InChI=1S/C23H28N4O4S/c1-29-18-9-13(10-19(30-2)22(18)31-3)8-17(28)14-12-32-20-11-25-23(27-21(14)20)26-16-7-5-4-6-15(16)24/h9-12,15-16H,4-8,24H2,1-3H3,(H,25,26,27)/t15-,16+/m0/s1. The van der Waals surface area contributed by atoms with Crippen molar-refractivity contribution in [3.63, 3.8) is 0 Å². The van der Waals surface area contributed by atoms with Crippen LogP contribution in [-0.2, 0) is 6.42 Å². The predicted octanol–water partition coefficient (Wildman–Crippen LogP) is 3.82. The molecule has 170 valence electrons. The summed E-state index contributed by atoms with van der Waals surface area (Å²) in [7, 11) is 4.66. The number of methoxy groups -OCH3 is 3. The summed E-state index contributed by atoms with van der Waals surface area (Å²) in [6.07, 6.45) is 6.24. The second-order valence-corrected chi connectivity index (χ2v) is 8.80. The Morgan fingerprint density at radius 3 is 2.53 bits per heavy atom. The number of benzene rings is 1. The van der Waals surface area contributed by atoms with Gasteiger partial charge < -0.3 is 25.3 Å². The number of Topliss-reactive ketones (excluding diaryl/α,β-unsaturated/α-hetero) is 1. The molecule has 2 heterocycles. The number of nitrogens with zero attached hydrogens (tertiary/aromatic N) is 2. The highest BCUT2D eigenvalue weighted by molar-refractivity contribution is 7.17. The number of thiophene rings is 1. The Hall–Kier alpha value is -2.91. The summed E-state index contributed by atoms with van der Waals surface area (Å²) in [5.74, 6) is 2.01. The first-order chi connectivity index (χ1) is 15.5. The molecule has 0 bridgehead atoms. The van der Waals surface area contributed by atoms with E-state index >= 15 is 0 Å². The van der Waals surface area contributed by atoms with E-state index in [1.807, 2.05) is 5.38 Å². The minimum atomic E-state index is -0.0375. The molecule has 0 amide bonds. The van der Waals surface area contributed by atoms with Crippen LogP contribution in [0.25, 0.3) is 10.2 Å². The van der Waals surface area contributed by atoms with Gasteiger partial charge in [0.2, 0.25) is 11.7 Å². The van der Waals surface area contributed by atoms with Crippen molar-refractivity contribution in [1.82, 2.24) is 9.97 Å². The predicted molar refractivity (Wildman–Crippen MR) is 125 cm³/mol. The molecule has 1 aromatic carbocycles. The van der Waals surface area contributed by atoms with Gasteiger partial charge in [-0.1, -0.05) is 12.8 Å². The van der Waals surface area contributed by atoms with Crippen molar-refractivity contribution < 1.29 is 19.0 Å². The molecule has 0 aliphatic heterocycles. The van der Waals surface area contributed by atoms with Gasteiger partial charge in [0, 0.05) is 23.9 Å². The zero-order valence-corrected chi connectivity index (χ0v) is 19.3. The van der Waals surface area contributed by atoms with E-state index in [9.17, 15) is 4.79 Å². The van der Waals surface area contributed by atoms with Gasteiger partial charge in [0.1, 0.15) is 0 Å². The first-order valence-corrected chi connectivity index (χ1v) is 11.5. The van der Waals surface area contributed by atoms with Crippen LogP contribution < -0.4 is 25.3 Å². The summed E-state index contributed by atoms with van der Waals surface area (Å²) in [4.78, 5) is 22.3. The Labute approximate surface area is 191 Å². The van der Waals surface area contributed by atoms with Gasteiger partial charge in [-0.05, 0) is 30.5 Å². The number of nitrogens with one attached hydrogen (secondary N) is 1. The minimum Gasteiger partial charge on any atom is -0.493 e. The fourth-order valence-electron chi connectivity index (χ4n) is 4.12. The third-order valence-corrected chi connectivity index (χ3v) is 6.74. The molecule has 0 spiro atoms. The highest BCUT2D eigenvalue weighted by Crippen LogP contribution is 2.38. The van der Waals surface area contributed by atoms with E-state index in [0.29, 0.717) is 34.3 Å². The minimum absolute atomic E-state index is 0.0375. The molecule has 9 heteroatoms. The Morgan fingerprint density at radius 2 is 1.88 bits per heavy atom. The number of carbonyl (C=O) groups excluding carboxylic acids is 1. The number of hydrogen-bond acceptors (Lipinski definition) is 9. The van der Waals surface area contributed by atoms with Crippen LogP contribution in [-0.4, -0.2) is 49.2 Å². The van der Waals surface area contributed by atoms with Crippen LogP contribution in [0, 0.1) is 0 Å². The molecule has 1 saturated carbocycles. The molecule has 3 N–H and O–H groups in total. The number of ether oxygens (including phenoxy) is 3. The third-order valence-electron chi connectivity index (χ3n) is 5.84. The molecule has 1 aliphatic carbocycles. The summed E-state index contributed by atoms with van der Waals surface area (Å²) < 4.78 is 17.0. The Balaban J connectivity index is 1.59. The molecule has 0 unspecified atom stereocenters. The van der Waals surface area contributed by atoms with Crippen LogP contribution in [0.2, 0.25) is 0 Å². The first kappa shape index (κ1) is 22.3.